The fourth-order valence-corrected chi connectivity index (χ4v) is 2.64. The lowest BCUT2D eigenvalue weighted by atomic mass is 10.0. The Morgan fingerprint density at radius 3 is 2.55 bits per heavy atom. The zero-order valence-corrected chi connectivity index (χ0v) is 12.5. The van der Waals surface area contributed by atoms with Crippen molar-refractivity contribution in [1.82, 2.24) is 14.7 Å². The molecule has 0 fully saturated rings. The molecule has 2 rings (SSSR count). The average Bonchev–Trinajstić information content (AvgIpc) is 2.83. The number of hydrogen-bond acceptors (Lipinski definition) is 3. The maximum atomic E-state index is 6.17. The molecular formula is C16H24N4. The van der Waals surface area contributed by atoms with Gasteiger partial charge in [0.1, 0.15) is 0 Å². The average molecular weight is 272 g/mol. The zero-order valence-electron chi connectivity index (χ0n) is 12.5. The number of nitrogens with two attached hydrogens (primary N) is 1. The van der Waals surface area contributed by atoms with Gasteiger partial charge in [0, 0.05) is 31.4 Å². The van der Waals surface area contributed by atoms with Crippen LogP contribution in [0.3, 0.4) is 0 Å². The summed E-state index contributed by atoms with van der Waals surface area (Å²) in [5.41, 5.74) is 8.70. The highest BCUT2D eigenvalue weighted by atomic mass is 15.2. The molecule has 0 saturated carbocycles. The highest BCUT2D eigenvalue weighted by Gasteiger charge is 2.22. The third kappa shape index (κ3) is 3.68. The van der Waals surface area contributed by atoms with Crippen LogP contribution in [0.4, 0.5) is 0 Å². The van der Waals surface area contributed by atoms with Crippen LogP contribution in [-0.2, 0) is 13.5 Å². The van der Waals surface area contributed by atoms with Crippen molar-refractivity contribution in [2.75, 3.05) is 13.6 Å². The summed E-state index contributed by atoms with van der Waals surface area (Å²) in [4.78, 5) is 2.31. The lowest BCUT2D eigenvalue weighted by Crippen LogP contribution is -2.38. The summed E-state index contributed by atoms with van der Waals surface area (Å²) in [5, 5.41) is 4.26. The second kappa shape index (κ2) is 6.68. The van der Waals surface area contributed by atoms with Crippen molar-refractivity contribution in [3.05, 3.63) is 53.9 Å². The topological polar surface area (TPSA) is 47.1 Å². The predicted octanol–water partition coefficient (Wildman–Crippen LogP) is 1.98. The highest BCUT2D eigenvalue weighted by molar-refractivity contribution is 5.16. The monoisotopic (exact) mass is 272 g/mol. The second-order valence-corrected chi connectivity index (χ2v) is 5.47. The van der Waals surface area contributed by atoms with Crippen molar-refractivity contribution in [3.8, 4) is 0 Å². The Labute approximate surface area is 121 Å². The molecule has 4 nitrogen and oxygen atoms in total. The van der Waals surface area contributed by atoms with Gasteiger partial charge >= 0.3 is 0 Å². The van der Waals surface area contributed by atoms with Gasteiger partial charge in [0.15, 0.2) is 0 Å². The van der Waals surface area contributed by atoms with E-state index in [1.165, 1.54) is 11.1 Å². The van der Waals surface area contributed by atoms with E-state index in [4.69, 9.17) is 5.73 Å². The first-order valence-corrected chi connectivity index (χ1v) is 7.06. The van der Waals surface area contributed by atoms with E-state index in [9.17, 15) is 0 Å². The molecule has 0 radical (unpaired) electrons. The van der Waals surface area contributed by atoms with E-state index in [0.717, 1.165) is 13.0 Å². The minimum absolute atomic E-state index is 0.0694. The first kappa shape index (κ1) is 14.8. The van der Waals surface area contributed by atoms with Crippen LogP contribution in [0.2, 0.25) is 0 Å². The van der Waals surface area contributed by atoms with Gasteiger partial charge in [-0.1, -0.05) is 30.3 Å². The Morgan fingerprint density at radius 2 is 2.00 bits per heavy atom. The van der Waals surface area contributed by atoms with Gasteiger partial charge in [-0.05, 0) is 26.0 Å². The normalized spacial score (nSPS) is 14.4. The Bertz CT molecular complexity index is 518. The fourth-order valence-electron chi connectivity index (χ4n) is 2.64. The van der Waals surface area contributed by atoms with Crippen LogP contribution in [0, 0.1) is 0 Å². The molecule has 0 bridgehead atoms. The van der Waals surface area contributed by atoms with Gasteiger partial charge in [-0.15, -0.1) is 0 Å². The Balaban J connectivity index is 2.02. The fraction of sp³-hybridized carbons (Fsp3) is 0.438. The first-order valence-electron chi connectivity index (χ1n) is 7.06. The zero-order chi connectivity index (χ0) is 14.5. The van der Waals surface area contributed by atoms with Crippen LogP contribution in [0.5, 0.6) is 0 Å². The van der Waals surface area contributed by atoms with Crippen molar-refractivity contribution in [2.45, 2.75) is 25.4 Å². The Hall–Kier alpha value is -1.65. The summed E-state index contributed by atoms with van der Waals surface area (Å²) < 4.78 is 1.83. The number of nitrogens with zero attached hydrogens (tertiary/aromatic N) is 3. The molecule has 1 heterocycles. The number of aromatic nitrogens is 2. The summed E-state index contributed by atoms with van der Waals surface area (Å²) in [6.45, 7) is 3.03. The molecule has 0 aliphatic heterocycles. The van der Waals surface area contributed by atoms with Gasteiger partial charge in [-0.25, -0.2) is 0 Å². The molecule has 2 unspecified atom stereocenters. The van der Waals surface area contributed by atoms with Crippen molar-refractivity contribution in [2.24, 2.45) is 12.8 Å². The number of hydrogen-bond donors (Lipinski definition) is 1. The third-order valence-electron chi connectivity index (χ3n) is 3.64. The molecule has 1 aromatic heterocycles. The minimum Gasteiger partial charge on any atom is -0.326 e. The molecular weight excluding hydrogens is 248 g/mol. The number of rotatable bonds is 6. The molecule has 0 saturated heterocycles. The minimum atomic E-state index is 0.0694. The van der Waals surface area contributed by atoms with E-state index in [2.05, 4.69) is 48.2 Å². The predicted molar refractivity (Wildman–Crippen MR) is 82.4 cm³/mol. The van der Waals surface area contributed by atoms with E-state index in [0.29, 0.717) is 0 Å². The molecule has 20 heavy (non-hydrogen) atoms. The lowest BCUT2D eigenvalue weighted by molar-refractivity contribution is 0.221. The Morgan fingerprint density at radius 1 is 1.30 bits per heavy atom. The van der Waals surface area contributed by atoms with Crippen molar-refractivity contribution in [1.29, 1.82) is 0 Å². The molecule has 2 aromatic rings. The molecule has 2 N–H and O–H groups in total. The molecule has 0 aliphatic carbocycles. The summed E-state index contributed by atoms with van der Waals surface area (Å²) in [7, 11) is 4.07. The lowest BCUT2D eigenvalue weighted by Gasteiger charge is -2.30. The summed E-state index contributed by atoms with van der Waals surface area (Å²) >= 11 is 0. The summed E-state index contributed by atoms with van der Waals surface area (Å²) in [6.07, 6.45) is 4.99. The SMILES string of the molecule is CC(N)C(c1cnn(C)c1)N(C)CCc1ccccc1. The maximum absolute atomic E-state index is 6.17. The smallest absolute Gasteiger partial charge is 0.0538 e. The van der Waals surface area contributed by atoms with Crippen LogP contribution in [-0.4, -0.2) is 34.3 Å². The van der Waals surface area contributed by atoms with Gasteiger partial charge in [0.2, 0.25) is 0 Å². The van der Waals surface area contributed by atoms with Gasteiger partial charge in [-0.2, -0.15) is 5.10 Å². The van der Waals surface area contributed by atoms with Crippen molar-refractivity contribution in [3.63, 3.8) is 0 Å². The Kier molecular flexibility index (Phi) is 4.93. The number of benzene rings is 1. The van der Waals surface area contributed by atoms with Gasteiger partial charge < -0.3 is 5.73 Å². The molecule has 1 aromatic carbocycles. The van der Waals surface area contributed by atoms with Crippen LogP contribution < -0.4 is 5.73 Å². The van der Waals surface area contributed by atoms with E-state index in [1.807, 2.05) is 30.2 Å². The first-order chi connectivity index (χ1) is 9.58. The van der Waals surface area contributed by atoms with E-state index in [-0.39, 0.29) is 12.1 Å². The van der Waals surface area contributed by atoms with Gasteiger partial charge in [0.25, 0.3) is 0 Å². The maximum Gasteiger partial charge on any atom is 0.0538 e. The quantitative estimate of drug-likeness (QED) is 0.874. The van der Waals surface area contributed by atoms with Crippen LogP contribution >= 0.6 is 0 Å². The van der Waals surface area contributed by atoms with Gasteiger partial charge in [0.05, 0.1) is 12.2 Å². The number of aryl methyl sites for hydroxylation is 1. The highest BCUT2D eigenvalue weighted by Crippen LogP contribution is 2.21. The molecule has 0 aliphatic rings. The van der Waals surface area contributed by atoms with E-state index < -0.39 is 0 Å². The second-order valence-electron chi connectivity index (χ2n) is 5.47. The standard InChI is InChI=1S/C16H24N4/c1-13(17)16(15-11-18-20(3)12-15)19(2)10-9-14-7-5-4-6-8-14/h4-8,11-13,16H,9-10,17H2,1-3H3. The van der Waals surface area contributed by atoms with Crippen molar-refractivity contribution >= 4 is 0 Å². The van der Waals surface area contributed by atoms with Gasteiger partial charge in [-0.3, -0.25) is 9.58 Å². The molecule has 0 spiro atoms. The van der Waals surface area contributed by atoms with Crippen LogP contribution in [0.25, 0.3) is 0 Å². The largest absolute Gasteiger partial charge is 0.326 e. The van der Waals surface area contributed by atoms with E-state index in [1.54, 1.807) is 0 Å². The summed E-state index contributed by atoms with van der Waals surface area (Å²) in [6, 6.07) is 10.8. The molecule has 4 heteroatoms. The van der Waals surface area contributed by atoms with Crippen LogP contribution in [0.1, 0.15) is 24.1 Å². The third-order valence-corrected chi connectivity index (χ3v) is 3.64. The summed E-state index contributed by atoms with van der Waals surface area (Å²) in [5.74, 6) is 0. The molecule has 0 amide bonds. The number of likely N-dealkylation sites (N-methyl/N-ethyl adjacent to an activating group) is 1. The molecule has 108 valence electrons. The van der Waals surface area contributed by atoms with Crippen molar-refractivity contribution < 1.29 is 0 Å². The molecule has 2 atom stereocenters. The van der Waals surface area contributed by atoms with E-state index >= 15 is 0 Å². The van der Waals surface area contributed by atoms with Crippen LogP contribution in [0.15, 0.2) is 42.7 Å².